The molecular weight excluding hydrogens is 491 g/mol. The van der Waals surface area contributed by atoms with Crippen LogP contribution in [-0.4, -0.2) is 48.6 Å². The van der Waals surface area contributed by atoms with Gasteiger partial charge >= 0.3 is 6.18 Å². The summed E-state index contributed by atoms with van der Waals surface area (Å²) in [6.07, 6.45) is -1.15. The maximum absolute atomic E-state index is 12.7. The lowest BCUT2D eigenvalue weighted by Gasteiger charge is -2.32. The molecule has 1 saturated heterocycles. The summed E-state index contributed by atoms with van der Waals surface area (Å²) in [6.45, 7) is 1.23. The lowest BCUT2D eigenvalue weighted by molar-refractivity contribution is -0.137. The number of pyridine rings is 1. The Morgan fingerprint density at radius 1 is 1.12 bits per heavy atom. The van der Waals surface area contributed by atoms with E-state index >= 15 is 0 Å². The van der Waals surface area contributed by atoms with Crippen molar-refractivity contribution in [3.63, 3.8) is 0 Å². The van der Waals surface area contributed by atoms with Gasteiger partial charge < -0.3 is 9.64 Å². The minimum atomic E-state index is -4.42. The topological polar surface area (TPSA) is 88.9 Å². The second-order valence-electron chi connectivity index (χ2n) is 8.05. The number of alkyl halides is 3. The highest BCUT2D eigenvalue weighted by molar-refractivity contribution is 8.03. The summed E-state index contributed by atoms with van der Waals surface area (Å²) in [6, 6.07) is 8.42. The predicted molar refractivity (Wildman–Crippen MR) is 123 cm³/mol. The summed E-state index contributed by atoms with van der Waals surface area (Å²) in [5.41, 5.74) is -0.249. The maximum atomic E-state index is 12.7. The fourth-order valence-electron chi connectivity index (χ4n) is 3.76. The van der Waals surface area contributed by atoms with Crippen LogP contribution in [0, 0.1) is 5.92 Å². The van der Waals surface area contributed by atoms with Gasteiger partial charge in [0.15, 0.2) is 9.84 Å². The van der Waals surface area contributed by atoms with E-state index in [2.05, 4.69) is 9.98 Å². The Balaban J connectivity index is 1.32. The van der Waals surface area contributed by atoms with Crippen molar-refractivity contribution in [3.05, 3.63) is 59.3 Å². The van der Waals surface area contributed by atoms with E-state index in [1.807, 2.05) is 4.90 Å². The fourth-order valence-corrected chi connectivity index (χ4v) is 5.65. The largest absolute Gasteiger partial charge is 0.487 e. The van der Waals surface area contributed by atoms with Crippen LogP contribution in [0.15, 0.2) is 63.6 Å². The Hall–Kier alpha value is -2.73. The summed E-state index contributed by atoms with van der Waals surface area (Å²) in [5.74, 6) is 0.949. The van der Waals surface area contributed by atoms with E-state index in [1.54, 1.807) is 17.5 Å². The van der Waals surface area contributed by atoms with Crippen LogP contribution in [0.2, 0.25) is 0 Å². The van der Waals surface area contributed by atoms with E-state index in [4.69, 9.17) is 4.74 Å². The number of hydrogen-bond acceptors (Lipinski definition) is 7. The van der Waals surface area contributed by atoms with Gasteiger partial charge in [0.05, 0.1) is 27.0 Å². The van der Waals surface area contributed by atoms with Crippen molar-refractivity contribution < 1.29 is 30.5 Å². The molecule has 2 aliphatic heterocycles. The Morgan fingerprint density at radius 3 is 2.35 bits per heavy atom. The number of aromatic nitrogens is 1. The number of sulfone groups is 1. The van der Waals surface area contributed by atoms with Gasteiger partial charge in [0.25, 0.3) is 0 Å². The Labute approximate surface area is 197 Å². The molecule has 3 heterocycles. The van der Waals surface area contributed by atoms with Crippen molar-refractivity contribution in [3.8, 4) is 5.75 Å². The Kier molecular flexibility index (Phi) is 6.81. The molecule has 1 aromatic heterocycles. The van der Waals surface area contributed by atoms with Gasteiger partial charge in [0.1, 0.15) is 23.2 Å². The van der Waals surface area contributed by atoms with E-state index < -0.39 is 32.4 Å². The van der Waals surface area contributed by atoms with Gasteiger partial charge in [0, 0.05) is 36.9 Å². The number of benzene rings is 1. The summed E-state index contributed by atoms with van der Waals surface area (Å²) in [5, 5.41) is 2.12. The second kappa shape index (κ2) is 9.49. The van der Waals surface area contributed by atoms with Crippen LogP contribution in [0.3, 0.4) is 0 Å². The molecule has 7 nitrogen and oxygen atoms in total. The monoisotopic (exact) mass is 513 g/mol. The number of hydrogen-bond donors (Lipinski definition) is 0. The Morgan fingerprint density at radius 2 is 1.79 bits per heavy atom. The summed E-state index contributed by atoms with van der Waals surface area (Å²) < 4.78 is 79.5. The van der Waals surface area contributed by atoms with Gasteiger partial charge in [0.2, 0.25) is 0 Å². The Bertz CT molecular complexity index is 1230. The number of rotatable bonds is 6. The van der Waals surface area contributed by atoms with E-state index in [0.717, 1.165) is 18.5 Å². The van der Waals surface area contributed by atoms with Crippen LogP contribution in [0.4, 0.5) is 19.0 Å². The van der Waals surface area contributed by atoms with Gasteiger partial charge in [-0.25, -0.2) is 22.6 Å². The first-order valence-electron chi connectivity index (χ1n) is 10.4. The lowest BCUT2D eigenvalue weighted by Crippen LogP contribution is -2.37. The molecule has 0 spiro atoms. The van der Waals surface area contributed by atoms with Crippen molar-refractivity contribution in [2.45, 2.75) is 23.9 Å². The molecule has 4 rings (SSSR count). The minimum Gasteiger partial charge on any atom is -0.487 e. The quantitative estimate of drug-likeness (QED) is 0.584. The molecule has 1 aromatic carbocycles. The number of halogens is 3. The standard InChI is InChI=1S/C22H22F3N3O4S2/c1-34(30,31)19-5-3-18(4-6-19)32-13-17-14-33(29)21(27-17)15-8-10-28(11-9-15)20-7-2-16(12-26-20)22(23,24)25/h2-7,12,14-15H,8-11,13H2,1H3. The third-order valence-electron chi connectivity index (χ3n) is 5.58. The molecule has 34 heavy (non-hydrogen) atoms. The average molecular weight is 514 g/mol. The summed E-state index contributed by atoms with van der Waals surface area (Å²) in [4.78, 5) is 10.5. The van der Waals surface area contributed by atoms with Gasteiger partial charge in [-0.3, -0.25) is 0 Å². The maximum Gasteiger partial charge on any atom is 0.417 e. The van der Waals surface area contributed by atoms with Crippen molar-refractivity contribution in [2.24, 2.45) is 10.9 Å². The number of ether oxygens (including phenoxy) is 1. The molecule has 0 amide bonds. The van der Waals surface area contributed by atoms with E-state index in [0.29, 0.717) is 48.2 Å². The molecule has 1 unspecified atom stereocenters. The fraction of sp³-hybridized carbons (Fsp3) is 0.364. The molecule has 0 N–H and O–H groups in total. The predicted octanol–water partition coefficient (Wildman–Crippen LogP) is 3.80. The van der Waals surface area contributed by atoms with Crippen molar-refractivity contribution in [1.29, 1.82) is 0 Å². The van der Waals surface area contributed by atoms with Gasteiger partial charge in [-0.1, -0.05) is 0 Å². The van der Waals surface area contributed by atoms with E-state index in [1.165, 1.54) is 18.2 Å². The molecule has 2 aromatic rings. The third-order valence-corrected chi connectivity index (χ3v) is 8.04. The van der Waals surface area contributed by atoms with Crippen molar-refractivity contribution >= 4 is 31.5 Å². The summed E-state index contributed by atoms with van der Waals surface area (Å²) in [7, 11) is -4.65. The normalized spacial score (nSPS) is 19.6. The molecule has 0 bridgehead atoms. The van der Waals surface area contributed by atoms with Crippen LogP contribution in [0.25, 0.3) is 0 Å². The lowest BCUT2D eigenvalue weighted by atomic mass is 9.98. The van der Waals surface area contributed by atoms with Gasteiger partial charge in [-0.05, 0) is 49.2 Å². The molecule has 1 atom stereocenters. The van der Waals surface area contributed by atoms with Crippen molar-refractivity contribution in [1.82, 2.24) is 4.98 Å². The van der Waals surface area contributed by atoms with E-state index in [9.17, 15) is 25.8 Å². The molecule has 182 valence electrons. The highest BCUT2D eigenvalue weighted by Crippen LogP contribution is 2.31. The molecule has 0 radical (unpaired) electrons. The number of anilines is 1. The highest BCUT2D eigenvalue weighted by atomic mass is 32.2. The van der Waals surface area contributed by atoms with Crippen LogP contribution < -0.4 is 9.64 Å². The molecule has 1 fully saturated rings. The first kappa shape index (κ1) is 24.4. The molecule has 0 saturated carbocycles. The first-order valence-corrected chi connectivity index (χ1v) is 13.5. The van der Waals surface area contributed by atoms with Crippen LogP contribution in [-0.2, 0) is 26.8 Å². The van der Waals surface area contributed by atoms with Crippen LogP contribution >= 0.6 is 0 Å². The molecule has 2 aliphatic rings. The second-order valence-corrected chi connectivity index (χ2v) is 11.3. The van der Waals surface area contributed by atoms with Gasteiger partial charge in [-0.15, -0.1) is 0 Å². The highest BCUT2D eigenvalue weighted by Gasteiger charge is 2.32. The minimum absolute atomic E-state index is 0.00525. The van der Waals surface area contributed by atoms with Crippen LogP contribution in [0.1, 0.15) is 18.4 Å². The SMILES string of the molecule is CS(=O)(=O)c1ccc(OCC2=CS(=O)C(C3CCN(c4ccc(C(F)(F)F)cn4)CC3)=N2)cc1. The third kappa shape index (κ3) is 5.66. The van der Waals surface area contributed by atoms with Crippen LogP contribution in [0.5, 0.6) is 5.75 Å². The van der Waals surface area contributed by atoms with E-state index in [-0.39, 0.29) is 17.4 Å². The first-order chi connectivity index (χ1) is 16.0. The smallest absolute Gasteiger partial charge is 0.417 e. The number of piperidine rings is 1. The number of nitrogens with zero attached hydrogens (tertiary/aromatic N) is 3. The van der Waals surface area contributed by atoms with Crippen molar-refractivity contribution in [2.75, 3.05) is 30.9 Å². The zero-order valence-corrected chi connectivity index (χ0v) is 19.8. The average Bonchev–Trinajstić information content (AvgIpc) is 3.17. The zero-order chi connectivity index (χ0) is 24.5. The summed E-state index contributed by atoms with van der Waals surface area (Å²) >= 11 is 0. The molecule has 0 aliphatic carbocycles. The molecule has 12 heteroatoms. The molecular formula is C22H22F3N3O4S2. The number of aliphatic imine (C=N–C) groups is 1. The zero-order valence-electron chi connectivity index (χ0n) is 18.2. The van der Waals surface area contributed by atoms with Gasteiger partial charge in [-0.2, -0.15) is 13.2 Å².